The van der Waals surface area contributed by atoms with Gasteiger partial charge in [-0.25, -0.2) is 0 Å². The standard InChI is InChI=1S/2C32H40N2O2.4C2H5O.2Zr/c2*1-21-12-25(29(35)27(14-21)31(3,4)5)19-33-17-23-10-9-11-24(16-23)18-34-20-26-13-22(2)15-28(30(26)36)32(6,7)8;4*1-2-3;;/h2*9-16,19-20,35-36H,17-18H2,1-8H3;4*2H2,1H3;;/q;;4*-1;2*+4/p-4. The number of hydrogen-bond acceptors (Lipinski definition) is 12. The molecule has 0 amide bonds. The van der Waals surface area contributed by atoms with Crippen LogP contribution < -0.4 is 40.9 Å². The minimum atomic E-state index is -0.208. The van der Waals surface area contributed by atoms with Crippen molar-refractivity contribution in [3.05, 3.63) is 186 Å². The Kier molecular flexibility index (Phi) is 38.9. The number of nitrogens with zero attached hydrogens (tertiary/aromatic N) is 4. The molecular weight excluding hydrogens is 1230 g/mol. The van der Waals surface area contributed by atoms with Gasteiger partial charge in [0.15, 0.2) is 0 Å². The van der Waals surface area contributed by atoms with Crippen molar-refractivity contribution in [2.24, 2.45) is 20.0 Å². The maximum absolute atomic E-state index is 12.9. The molecule has 0 aromatic heterocycles. The van der Waals surface area contributed by atoms with Crippen molar-refractivity contribution < 1.29 is 93.3 Å². The third-order valence-corrected chi connectivity index (χ3v) is 12.3. The Morgan fingerprint density at radius 3 is 0.628 bits per heavy atom. The van der Waals surface area contributed by atoms with Gasteiger partial charge in [0.2, 0.25) is 0 Å². The van der Waals surface area contributed by atoms with Gasteiger partial charge in [0.05, 0.1) is 26.2 Å². The van der Waals surface area contributed by atoms with Gasteiger partial charge in [-0.2, -0.15) is 0 Å². The van der Waals surface area contributed by atoms with Crippen molar-refractivity contribution in [2.75, 3.05) is 26.4 Å². The third kappa shape index (κ3) is 29.7. The fraction of sp³-hybridized carbons (Fsp3) is 0.444. The third-order valence-electron chi connectivity index (χ3n) is 12.3. The average molecular weight is 1330 g/mol. The van der Waals surface area contributed by atoms with Crippen LogP contribution in [0.25, 0.3) is 0 Å². The largest absolute Gasteiger partial charge is 4.00 e. The smallest absolute Gasteiger partial charge is 0.872 e. The molecular formula is C72H96N4O8Zr2. The Hall–Kier alpha value is -5.19. The van der Waals surface area contributed by atoms with Crippen LogP contribution in [0.3, 0.4) is 0 Å². The zero-order valence-corrected chi connectivity index (χ0v) is 60.2. The van der Waals surface area contributed by atoms with Gasteiger partial charge in [-0.1, -0.05) is 253 Å². The quantitative estimate of drug-likeness (QED) is 0.107. The maximum atomic E-state index is 12.9. The predicted octanol–water partition coefficient (Wildman–Crippen LogP) is 10.0. The van der Waals surface area contributed by atoms with Crippen molar-refractivity contribution in [2.45, 2.75) is 186 Å². The summed E-state index contributed by atoms with van der Waals surface area (Å²) >= 11 is 0. The molecule has 0 spiro atoms. The molecule has 86 heavy (non-hydrogen) atoms. The van der Waals surface area contributed by atoms with Crippen LogP contribution in [-0.2, 0) is 100 Å². The molecule has 6 rings (SSSR count). The maximum Gasteiger partial charge on any atom is 4.00 e. The molecule has 460 valence electrons. The molecule has 0 fully saturated rings. The minimum absolute atomic E-state index is 0. The van der Waals surface area contributed by atoms with E-state index in [4.69, 9.17) is 20.4 Å². The van der Waals surface area contributed by atoms with Crippen LogP contribution in [0.2, 0.25) is 0 Å². The SMILES string of the molecule is CC[O-].CC[O-].CC[O-].CC[O-].Cc1cc(C=NCc2cccc(CN=Cc3cc(C)cc(C(C)(C)C)c3[O-])c2)c([O-])c(C(C)(C)C)c1.Cc1cc(C=NCc2cccc(CN=Cc3cc(C)cc(C(C)(C)C)c3[O-])c2)c([O-])c(C(C)(C)C)c1.[Zr+4].[Zr+4]. The summed E-state index contributed by atoms with van der Waals surface area (Å²) in [6, 6.07) is 31.7. The van der Waals surface area contributed by atoms with Crippen LogP contribution in [0.4, 0.5) is 0 Å². The second kappa shape index (κ2) is 40.4. The van der Waals surface area contributed by atoms with Gasteiger partial charge < -0.3 is 40.9 Å². The number of benzene rings is 6. The molecule has 0 heterocycles. The van der Waals surface area contributed by atoms with E-state index < -0.39 is 0 Å². The molecule has 0 bridgehead atoms. The van der Waals surface area contributed by atoms with Crippen LogP contribution >= 0.6 is 0 Å². The van der Waals surface area contributed by atoms with Crippen molar-refractivity contribution >= 4 is 24.9 Å². The van der Waals surface area contributed by atoms with E-state index in [9.17, 15) is 20.4 Å². The zero-order valence-electron chi connectivity index (χ0n) is 55.3. The molecule has 0 aliphatic heterocycles. The van der Waals surface area contributed by atoms with E-state index in [1.54, 1.807) is 52.6 Å². The van der Waals surface area contributed by atoms with Gasteiger partial charge in [0.1, 0.15) is 0 Å². The van der Waals surface area contributed by atoms with Crippen LogP contribution in [0.5, 0.6) is 23.0 Å². The summed E-state index contributed by atoms with van der Waals surface area (Å²) in [6.45, 7) is 40.9. The topological polar surface area (TPSA) is 234 Å². The fourth-order valence-corrected chi connectivity index (χ4v) is 8.47. The van der Waals surface area contributed by atoms with Crippen LogP contribution in [-0.4, -0.2) is 51.3 Å². The van der Waals surface area contributed by atoms with E-state index >= 15 is 0 Å². The molecule has 0 atom stereocenters. The van der Waals surface area contributed by atoms with Crippen molar-refractivity contribution in [1.82, 2.24) is 0 Å². The van der Waals surface area contributed by atoms with Gasteiger partial charge in [-0.3, -0.25) is 20.0 Å². The van der Waals surface area contributed by atoms with E-state index in [0.717, 1.165) is 66.8 Å². The van der Waals surface area contributed by atoms with Gasteiger partial charge in [0, 0.05) is 24.9 Å². The van der Waals surface area contributed by atoms with Gasteiger partial charge in [-0.05, 0) is 116 Å². The second-order valence-electron chi connectivity index (χ2n) is 24.6. The number of rotatable bonds is 12. The summed E-state index contributed by atoms with van der Waals surface area (Å²) in [5.74, 6) is 0.179. The zero-order chi connectivity index (χ0) is 64.2. The summed E-state index contributed by atoms with van der Waals surface area (Å²) in [4.78, 5) is 18.2. The Balaban J connectivity index is 0. The molecule has 0 radical (unpaired) electrons. The first-order valence-electron chi connectivity index (χ1n) is 28.9. The van der Waals surface area contributed by atoms with Crippen LogP contribution in [0, 0.1) is 27.7 Å². The summed E-state index contributed by atoms with van der Waals surface area (Å²) in [6.07, 6.45) is 6.76. The van der Waals surface area contributed by atoms with Crippen molar-refractivity contribution in [1.29, 1.82) is 0 Å². The first-order valence-corrected chi connectivity index (χ1v) is 28.9. The summed E-state index contributed by atoms with van der Waals surface area (Å²) < 4.78 is 0. The number of aliphatic imine (C=N–C) groups is 4. The molecule has 0 saturated heterocycles. The number of hydrogen-bond donors (Lipinski definition) is 0. The molecule has 6 aromatic rings. The molecule has 6 aromatic carbocycles. The normalized spacial score (nSPS) is 11.4. The average Bonchev–Trinajstić information content (AvgIpc) is 2.92. The van der Waals surface area contributed by atoms with Crippen molar-refractivity contribution in [3.63, 3.8) is 0 Å². The van der Waals surface area contributed by atoms with Crippen molar-refractivity contribution in [3.8, 4) is 23.0 Å². The molecule has 0 aliphatic rings. The molecule has 0 N–H and O–H groups in total. The summed E-state index contributed by atoms with van der Waals surface area (Å²) in [5.41, 5.74) is 13.4. The summed E-state index contributed by atoms with van der Waals surface area (Å²) in [7, 11) is 0. The minimum Gasteiger partial charge on any atom is -0.872 e. The molecule has 0 unspecified atom stereocenters. The second-order valence-corrected chi connectivity index (χ2v) is 24.6. The molecule has 12 nitrogen and oxygen atoms in total. The Morgan fingerprint density at radius 1 is 0.314 bits per heavy atom. The van der Waals surface area contributed by atoms with E-state index in [0.29, 0.717) is 48.4 Å². The van der Waals surface area contributed by atoms with Crippen LogP contribution in [0.15, 0.2) is 117 Å². The molecule has 14 heteroatoms. The van der Waals surface area contributed by atoms with E-state index in [1.165, 1.54) is 0 Å². The first kappa shape index (κ1) is 82.9. The van der Waals surface area contributed by atoms with E-state index in [-0.39, 0.29) is 123 Å². The fourth-order valence-electron chi connectivity index (χ4n) is 8.47. The van der Waals surface area contributed by atoms with Gasteiger partial charge in [0.25, 0.3) is 0 Å². The summed E-state index contributed by atoms with van der Waals surface area (Å²) in [5, 5.41) is 87.3. The Bertz CT molecular complexity index is 2680. The van der Waals surface area contributed by atoms with Gasteiger partial charge in [-0.15, -0.1) is 26.4 Å². The predicted molar refractivity (Wildman–Crippen MR) is 338 cm³/mol. The Labute approximate surface area is 555 Å². The molecule has 0 saturated carbocycles. The van der Waals surface area contributed by atoms with Crippen LogP contribution in [0.1, 0.15) is 200 Å². The van der Waals surface area contributed by atoms with E-state index in [1.807, 2.05) is 113 Å². The monoisotopic (exact) mass is 1320 g/mol. The molecule has 0 aliphatic carbocycles. The first-order chi connectivity index (χ1) is 39.2. The van der Waals surface area contributed by atoms with Gasteiger partial charge >= 0.3 is 52.4 Å². The number of aryl methyl sites for hydroxylation is 4. The van der Waals surface area contributed by atoms with E-state index in [2.05, 4.69) is 115 Å². The Morgan fingerprint density at radius 2 is 0.477 bits per heavy atom.